The van der Waals surface area contributed by atoms with Crippen LogP contribution in [-0.4, -0.2) is 33.6 Å². The Balaban J connectivity index is 2.05. The zero-order valence-corrected chi connectivity index (χ0v) is 18.6. The van der Waals surface area contributed by atoms with Crippen molar-refractivity contribution in [2.75, 3.05) is 7.11 Å². The molecule has 10 heteroatoms. The van der Waals surface area contributed by atoms with Gasteiger partial charge in [-0.2, -0.15) is 0 Å². The maximum atomic E-state index is 13.0. The van der Waals surface area contributed by atoms with Crippen LogP contribution in [0.3, 0.4) is 0 Å². The fourth-order valence-electron chi connectivity index (χ4n) is 3.57. The number of nitrogens with zero attached hydrogens (tertiary/aromatic N) is 2. The summed E-state index contributed by atoms with van der Waals surface area (Å²) < 4.78 is 11.1. The summed E-state index contributed by atoms with van der Waals surface area (Å²) in [6.45, 7) is 2.73. The molecule has 0 aliphatic carbocycles. The van der Waals surface area contributed by atoms with Crippen molar-refractivity contribution in [1.29, 1.82) is 0 Å². The van der Waals surface area contributed by atoms with E-state index >= 15 is 0 Å². The molecular weight excluding hydrogens is 444 g/mol. The van der Waals surface area contributed by atoms with Crippen LogP contribution in [0.15, 0.2) is 72.8 Å². The first kappa shape index (κ1) is 24.5. The second kappa shape index (κ2) is 9.38. The topological polar surface area (TPSA) is 142 Å². The Morgan fingerprint density at radius 1 is 0.853 bits per heavy atom. The van der Waals surface area contributed by atoms with Crippen LogP contribution in [0.2, 0.25) is 0 Å². The summed E-state index contributed by atoms with van der Waals surface area (Å²) in [7, 11) is 1.23. The van der Waals surface area contributed by atoms with E-state index in [1.54, 1.807) is 24.3 Å². The number of carbonyl (C=O) groups excluding carboxylic acids is 1. The van der Waals surface area contributed by atoms with Gasteiger partial charge in [-0.3, -0.25) is 20.2 Å². The van der Waals surface area contributed by atoms with Crippen molar-refractivity contribution in [2.24, 2.45) is 0 Å². The summed E-state index contributed by atoms with van der Waals surface area (Å²) in [4.78, 5) is 33.7. The van der Waals surface area contributed by atoms with Crippen LogP contribution in [0.25, 0.3) is 11.1 Å². The number of ether oxygens (including phenoxy) is 2. The number of benzene rings is 3. The van der Waals surface area contributed by atoms with E-state index in [2.05, 4.69) is 0 Å². The molecule has 0 aliphatic heterocycles. The molecule has 0 radical (unpaired) electrons. The van der Waals surface area contributed by atoms with E-state index in [-0.39, 0.29) is 5.56 Å². The number of aliphatic hydroxyl groups is 1. The van der Waals surface area contributed by atoms with Crippen LogP contribution in [0.5, 0.6) is 0 Å². The molecular formula is C24H22N2O8. The SMILES string of the molecule is COC(OC(=O)c1cc([N+](=O)[O-])cc([N+](=O)[O-])c1)(c1ccc(-c2ccccc2)cc1)C(C)(C)O. The minimum Gasteiger partial charge on any atom is -0.422 e. The first-order valence-electron chi connectivity index (χ1n) is 10.1. The molecule has 3 aromatic rings. The number of esters is 1. The van der Waals surface area contributed by atoms with Gasteiger partial charge in [0.15, 0.2) is 0 Å². The number of hydrogen-bond acceptors (Lipinski definition) is 8. The van der Waals surface area contributed by atoms with Crippen LogP contribution in [0.4, 0.5) is 11.4 Å². The number of hydrogen-bond donors (Lipinski definition) is 1. The Morgan fingerprint density at radius 2 is 1.35 bits per heavy atom. The third kappa shape index (κ3) is 4.77. The highest BCUT2D eigenvalue weighted by molar-refractivity contribution is 5.91. The second-order valence-electron chi connectivity index (χ2n) is 7.96. The van der Waals surface area contributed by atoms with E-state index in [1.807, 2.05) is 30.3 Å². The molecule has 3 aromatic carbocycles. The number of methoxy groups -OCH3 is 1. The van der Waals surface area contributed by atoms with Gasteiger partial charge < -0.3 is 14.6 Å². The molecule has 0 bridgehead atoms. The second-order valence-corrected chi connectivity index (χ2v) is 7.96. The average molecular weight is 466 g/mol. The number of nitro groups is 2. The molecule has 0 amide bonds. The van der Waals surface area contributed by atoms with E-state index < -0.39 is 44.1 Å². The molecule has 1 unspecified atom stereocenters. The molecule has 1 N–H and O–H groups in total. The number of carbonyl (C=O) groups is 1. The minimum absolute atomic E-state index is 0.287. The van der Waals surface area contributed by atoms with Crippen molar-refractivity contribution in [3.63, 3.8) is 0 Å². The predicted molar refractivity (Wildman–Crippen MR) is 122 cm³/mol. The number of nitro benzene ring substituents is 2. The van der Waals surface area contributed by atoms with Gasteiger partial charge in [-0.1, -0.05) is 54.6 Å². The smallest absolute Gasteiger partial charge is 0.341 e. The van der Waals surface area contributed by atoms with Gasteiger partial charge in [-0.05, 0) is 25.0 Å². The molecule has 1 atom stereocenters. The molecule has 34 heavy (non-hydrogen) atoms. The van der Waals surface area contributed by atoms with Gasteiger partial charge in [0.05, 0.1) is 21.5 Å². The molecule has 0 aromatic heterocycles. The van der Waals surface area contributed by atoms with E-state index in [9.17, 15) is 30.1 Å². The number of rotatable bonds is 8. The summed E-state index contributed by atoms with van der Waals surface area (Å²) in [5.74, 6) is -3.18. The predicted octanol–water partition coefficient (Wildman–Crippen LogP) is 4.60. The van der Waals surface area contributed by atoms with Crippen molar-refractivity contribution >= 4 is 17.3 Å². The zero-order valence-electron chi connectivity index (χ0n) is 18.6. The quantitative estimate of drug-likeness (QED) is 0.220. The van der Waals surface area contributed by atoms with Gasteiger partial charge in [-0.25, -0.2) is 4.79 Å². The monoisotopic (exact) mass is 466 g/mol. The van der Waals surface area contributed by atoms with Crippen molar-refractivity contribution in [1.82, 2.24) is 0 Å². The lowest BCUT2D eigenvalue weighted by Gasteiger charge is -2.41. The largest absolute Gasteiger partial charge is 0.422 e. The summed E-state index contributed by atoms with van der Waals surface area (Å²) in [6, 6.07) is 18.7. The van der Waals surface area contributed by atoms with Crippen molar-refractivity contribution in [2.45, 2.75) is 25.2 Å². The molecule has 176 valence electrons. The van der Waals surface area contributed by atoms with Gasteiger partial charge in [0.25, 0.3) is 17.2 Å². The maximum Gasteiger partial charge on any atom is 0.341 e. The lowest BCUT2D eigenvalue weighted by Crippen LogP contribution is -2.52. The molecule has 0 heterocycles. The molecule has 0 fully saturated rings. The van der Waals surface area contributed by atoms with Crippen LogP contribution >= 0.6 is 0 Å². The Morgan fingerprint density at radius 3 is 1.79 bits per heavy atom. The van der Waals surface area contributed by atoms with Crippen molar-refractivity contribution in [3.05, 3.63) is 104 Å². The van der Waals surface area contributed by atoms with E-state index in [1.165, 1.54) is 21.0 Å². The third-order valence-electron chi connectivity index (χ3n) is 5.26. The molecule has 10 nitrogen and oxygen atoms in total. The van der Waals surface area contributed by atoms with Gasteiger partial charge >= 0.3 is 5.97 Å². The summed E-state index contributed by atoms with van der Waals surface area (Å²) in [5, 5.41) is 33.3. The van der Waals surface area contributed by atoms with Gasteiger partial charge in [-0.15, -0.1) is 0 Å². The van der Waals surface area contributed by atoms with E-state index in [4.69, 9.17) is 9.47 Å². The van der Waals surface area contributed by atoms with Gasteiger partial charge in [0, 0.05) is 24.8 Å². The Kier molecular flexibility index (Phi) is 6.75. The van der Waals surface area contributed by atoms with Gasteiger partial charge in [0.1, 0.15) is 5.60 Å². The summed E-state index contributed by atoms with van der Waals surface area (Å²) in [5.41, 5.74) is -1.42. The maximum absolute atomic E-state index is 13.0. The highest BCUT2D eigenvalue weighted by atomic mass is 16.7. The Bertz CT molecular complexity index is 1190. The van der Waals surface area contributed by atoms with Crippen LogP contribution in [0.1, 0.15) is 29.8 Å². The molecule has 0 saturated heterocycles. The molecule has 0 aliphatic rings. The molecule has 3 rings (SSSR count). The molecule has 0 spiro atoms. The highest BCUT2D eigenvalue weighted by Crippen LogP contribution is 2.39. The zero-order chi connectivity index (χ0) is 25.1. The average Bonchev–Trinajstić information content (AvgIpc) is 2.82. The van der Waals surface area contributed by atoms with Crippen molar-refractivity contribution < 1.29 is 29.2 Å². The third-order valence-corrected chi connectivity index (χ3v) is 5.26. The van der Waals surface area contributed by atoms with Crippen LogP contribution in [-0.2, 0) is 15.3 Å². The van der Waals surface area contributed by atoms with E-state index in [0.29, 0.717) is 0 Å². The van der Waals surface area contributed by atoms with Crippen molar-refractivity contribution in [3.8, 4) is 11.1 Å². The Labute approximate surface area is 194 Å². The lowest BCUT2D eigenvalue weighted by molar-refractivity contribution is -0.394. The lowest BCUT2D eigenvalue weighted by atomic mass is 9.88. The summed E-state index contributed by atoms with van der Waals surface area (Å²) >= 11 is 0. The Hall–Kier alpha value is -4.15. The van der Waals surface area contributed by atoms with E-state index in [0.717, 1.165) is 29.3 Å². The first-order chi connectivity index (χ1) is 16.0. The fraction of sp³-hybridized carbons (Fsp3) is 0.208. The minimum atomic E-state index is -2.03. The fourth-order valence-corrected chi connectivity index (χ4v) is 3.57. The number of non-ortho nitro benzene ring substituents is 2. The first-order valence-corrected chi connectivity index (χ1v) is 10.1. The van der Waals surface area contributed by atoms with Gasteiger partial charge in [0.2, 0.25) is 0 Å². The molecule has 0 saturated carbocycles. The van der Waals surface area contributed by atoms with Crippen LogP contribution in [0, 0.1) is 20.2 Å². The highest BCUT2D eigenvalue weighted by Gasteiger charge is 2.50. The normalized spacial score (nSPS) is 13.1. The standard InChI is InChI=1S/C24H22N2O8/c1-23(2,28)24(33-3,19-11-9-17(10-12-19)16-7-5-4-6-8-16)34-22(27)18-13-20(25(29)30)15-21(14-18)26(31)32/h4-15,28H,1-3H3. The summed E-state index contributed by atoms with van der Waals surface area (Å²) in [6.07, 6.45) is 0. The van der Waals surface area contributed by atoms with Crippen LogP contribution < -0.4 is 0 Å².